The predicted octanol–water partition coefficient (Wildman–Crippen LogP) is 6.34. The number of carbonyl (C=O) groups excluding carboxylic acids is 3. The molecule has 2 amide bonds. The lowest BCUT2D eigenvalue weighted by molar-refractivity contribution is -0.155. The lowest BCUT2D eigenvalue weighted by Gasteiger charge is -2.19. The van der Waals surface area contributed by atoms with E-state index in [0.29, 0.717) is 12.8 Å². The van der Waals surface area contributed by atoms with Crippen LogP contribution >= 0.6 is 0 Å². The summed E-state index contributed by atoms with van der Waals surface area (Å²) in [6.45, 7) is 5.45. The third-order valence-electron chi connectivity index (χ3n) is 7.38. The van der Waals surface area contributed by atoms with E-state index in [0.717, 1.165) is 67.2 Å². The van der Waals surface area contributed by atoms with Gasteiger partial charge in [0, 0.05) is 18.8 Å². The molecule has 0 unspecified atom stereocenters. The molecule has 1 aliphatic rings. The smallest absolute Gasteiger partial charge is 0.407 e. The second kappa shape index (κ2) is 16.7. The Balaban J connectivity index is 1.26. The molecular weight excluding hydrogens is 548 g/mol. The molecule has 0 bridgehead atoms. The maximum atomic E-state index is 12.4. The fourth-order valence-electron chi connectivity index (χ4n) is 5.31. The second-order valence-corrected chi connectivity index (χ2v) is 12.1. The maximum Gasteiger partial charge on any atom is 0.407 e. The zero-order valence-electron chi connectivity index (χ0n) is 25.7. The van der Waals surface area contributed by atoms with Gasteiger partial charge in [0.2, 0.25) is 5.91 Å². The Morgan fingerprint density at radius 2 is 1.30 bits per heavy atom. The van der Waals surface area contributed by atoms with Gasteiger partial charge in [-0.2, -0.15) is 0 Å². The molecule has 0 saturated carbocycles. The number of hydrogen-bond acceptors (Lipinski definition) is 6. The highest BCUT2D eigenvalue weighted by Gasteiger charge is 2.29. The number of hydrogen-bond donors (Lipinski definition) is 3. The number of alkyl carbamates (subject to hydrolysis) is 1. The predicted molar refractivity (Wildman–Crippen MR) is 165 cm³/mol. The molecular formula is C34H46N2O7. The van der Waals surface area contributed by atoms with Crippen LogP contribution in [0.4, 0.5) is 4.79 Å². The van der Waals surface area contributed by atoms with Crippen LogP contribution in [0, 0.1) is 0 Å². The van der Waals surface area contributed by atoms with E-state index in [9.17, 15) is 24.3 Å². The summed E-state index contributed by atoms with van der Waals surface area (Å²) < 4.78 is 10.8. The molecule has 0 spiro atoms. The van der Waals surface area contributed by atoms with Gasteiger partial charge < -0.3 is 25.2 Å². The summed E-state index contributed by atoms with van der Waals surface area (Å²) in [6.07, 6.45) is 7.47. The van der Waals surface area contributed by atoms with E-state index in [1.54, 1.807) is 0 Å². The summed E-state index contributed by atoms with van der Waals surface area (Å²) in [5.74, 6) is -1.83. The SMILES string of the molecule is CC(C)(C)OC(=O)CCCCCCCCCCC(=O)N[C@@H](CNC(=O)OCC1c2ccccc2-c2ccccc21)C(=O)O. The van der Waals surface area contributed by atoms with Crippen molar-refractivity contribution in [2.24, 2.45) is 0 Å². The van der Waals surface area contributed by atoms with Crippen LogP contribution < -0.4 is 10.6 Å². The fourth-order valence-corrected chi connectivity index (χ4v) is 5.31. The Hall–Kier alpha value is -3.88. The van der Waals surface area contributed by atoms with E-state index in [4.69, 9.17) is 9.47 Å². The first kappa shape index (κ1) is 33.6. The largest absolute Gasteiger partial charge is 0.480 e. The molecule has 9 heteroatoms. The Bertz CT molecular complexity index is 1190. The normalized spacial score (nSPS) is 13.0. The number of carbonyl (C=O) groups is 4. The fraction of sp³-hybridized carbons (Fsp3) is 0.529. The summed E-state index contributed by atoms with van der Waals surface area (Å²) in [7, 11) is 0. The van der Waals surface area contributed by atoms with E-state index in [2.05, 4.69) is 10.6 Å². The average molecular weight is 595 g/mol. The van der Waals surface area contributed by atoms with Crippen molar-refractivity contribution in [1.82, 2.24) is 10.6 Å². The molecule has 0 heterocycles. The van der Waals surface area contributed by atoms with Crippen molar-refractivity contribution >= 4 is 23.9 Å². The number of esters is 1. The second-order valence-electron chi connectivity index (χ2n) is 12.1. The summed E-state index contributed by atoms with van der Waals surface area (Å²) in [4.78, 5) is 48.1. The van der Waals surface area contributed by atoms with E-state index in [1.165, 1.54) is 0 Å². The van der Waals surface area contributed by atoms with Gasteiger partial charge in [-0.05, 0) is 55.9 Å². The third-order valence-corrected chi connectivity index (χ3v) is 7.38. The molecule has 1 atom stereocenters. The number of unbranched alkanes of at least 4 members (excludes halogenated alkanes) is 7. The number of ether oxygens (including phenoxy) is 2. The lowest BCUT2D eigenvalue weighted by atomic mass is 9.98. The Morgan fingerprint density at radius 1 is 0.791 bits per heavy atom. The van der Waals surface area contributed by atoms with Crippen LogP contribution in [0.5, 0.6) is 0 Å². The number of rotatable bonds is 17. The van der Waals surface area contributed by atoms with Crippen molar-refractivity contribution in [3.63, 3.8) is 0 Å². The molecule has 0 aromatic heterocycles. The number of benzene rings is 2. The number of carboxylic acids is 1. The van der Waals surface area contributed by atoms with Gasteiger partial charge in [-0.15, -0.1) is 0 Å². The van der Waals surface area contributed by atoms with Gasteiger partial charge in [0.25, 0.3) is 0 Å². The van der Waals surface area contributed by atoms with Crippen LogP contribution in [0.15, 0.2) is 48.5 Å². The van der Waals surface area contributed by atoms with Crippen LogP contribution in [0.2, 0.25) is 0 Å². The van der Waals surface area contributed by atoms with Crippen molar-refractivity contribution in [2.45, 2.75) is 103 Å². The number of fused-ring (bicyclic) bond motifs is 3. The van der Waals surface area contributed by atoms with Gasteiger partial charge in [-0.3, -0.25) is 9.59 Å². The van der Waals surface area contributed by atoms with Gasteiger partial charge in [0.05, 0.1) is 6.54 Å². The summed E-state index contributed by atoms with van der Waals surface area (Å²) in [6, 6.07) is 14.8. The van der Waals surface area contributed by atoms with Gasteiger partial charge in [0.1, 0.15) is 18.2 Å². The first-order valence-corrected chi connectivity index (χ1v) is 15.4. The zero-order chi connectivity index (χ0) is 31.2. The van der Waals surface area contributed by atoms with Crippen LogP contribution in [-0.2, 0) is 23.9 Å². The molecule has 3 N–H and O–H groups in total. The number of amides is 2. The van der Waals surface area contributed by atoms with Gasteiger partial charge >= 0.3 is 18.0 Å². The minimum Gasteiger partial charge on any atom is -0.480 e. The van der Waals surface area contributed by atoms with E-state index in [-0.39, 0.29) is 37.4 Å². The van der Waals surface area contributed by atoms with Crippen molar-refractivity contribution < 1.29 is 33.8 Å². The van der Waals surface area contributed by atoms with Crippen molar-refractivity contribution in [2.75, 3.05) is 13.2 Å². The molecule has 0 aliphatic heterocycles. The highest BCUT2D eigenvalue weighted by Crippen LogP contribution is 2.44. The Morgan fingerprint density at radius 3 is 1.84 bits per heavy atom. The molecule has 3 rings (SSSR count). The minimum atomic E-state index is -1.24. The van der Waals surface area contributed by atoms with Crippen molar-refractivity contribution in [3.05, 3.63) is 59.7 Å². The average Bonchev–Trinajstić information content (AvgIpc) is 3.27. The van der Waals surface area contributed by atoms with Gasteiger partial charge in [0.15, 0.2) is 0 Å². The zero-order valence-corrected chi connectivity index (χ0v) is 25.7. The number of nitrogens with one attached hydrogen (secondary N) is 2. The van der Waals surface area contributed by atoms with Crippen molar-refractivity contribution in [1.29, 1.82) is 0 Å². The number of aliphatic carboxylic acids is 1. The maximum absolute atomic E-state index is 12.4. The van der Waals surface area contributed by atoms with Crippen LogP contribution in [0.3, 0.4) is 0 Å². The minimum absolute atomic E-state index is 0.0997. The molecule has 0 radical (unpaired) electrons. The van der Waals surface area contributed by atoms with Crippen molar-refractivity contribution in [3.8, 4) is 11.1 Å². The van der Waals surface area contributed by atoms with E-state index >= 15 is 0 Å². The molecule has 2 aromatic rings. The first-order valence-electron chi connectivity index (χ1n) is 15.4. The third kappa shape index (κ3) is 11.4. The highest BCUT2D eigenvalue weighted by molar-refractivity contribution is 5.84. The Kier molecular flexibility index (Phi) is 13.0. The molecule has 0 fully saturated rings. The van der Waals surface area contributed by atoms with E-state index in [1.807, 2.05) is 69.3 Å². The summed E-state index contributed by atoms with van der Waals surface area (Å²) in [5, 5.41) is 14.5. The monoisotopic (exact) mass is 594 g/mol. The van der Waals surface area contributed by atoms with E-state index < -0.39 is 23.7 Å². The Labute approximate surface area is 254 Å². The highest BCUT2D eigenvalue weighted by atomic mass is 16.6. The molecule has 2 aromatic carbocycles. The van der Waals surface area contributed by atoms with Gasteiger partial charge in [-0.25, -0.2) is 9.59 Å². The molecule has 43 heavy (non-hydrogen) atoms. The molecule has 0 saturated heterocycles. The topological polar surface area (TPSA) is 131 Å². The quantitative estimate of drug-likeness (QED) is 0.144. The lowest BCUT2D eigenvalue weighted by Crippen LogP contribution is -2.48. The summed E-state index contributed by atoms with van der Waals surface area (Å²) in [5.41, 5.74) is 3.97. The molecule has 9 nitrogen and oxygen atoms in total. The molecule has 1 aliphatic carbocycles. The van der Waals surface area contributed by atoms with Crippen LogP contribution in [0.25, 0.3) is 11.1 Å². The number of carboxylic acid groups (broad SMARTS) is 1. The van der Waals surface area contributed by atoms with Crippen LogP contribution in [0.1, 0.15) is 102 Å². The standard InChI is InChI=1S/C34H46N2O7/c1-34(2,3)43-31(38)21-11-9-7-5-4-6-8-10-20-30(37)36-29(32(39)40)22-35-33(41)42-23-28-26-18-14-12-16-24(26)25-17-13-15-19-27(25)28/h12-19,28-29H,4-11,20-23H2,1-3H3,(H,35,41)(H,36,37)(H,39,40)/t29-/m0/s1. The molecule has 234 valence electrons. The summed E-state index contributed by atoms with van der Waals surface area (Å²) >= 11 is 0. The first-order chi connectivity index (χ1) is 20.5. The van der Waals surface area contributed by atoms with Crippen LogP contribution in [-0.4, -0.2) is 53.8 Å². The van der Waals surface area contributed by atoms with Gasteiger partial charge in [-0.1, -0.05) is 87.1 Å².